The lowest BCUT2D eigenvalue weighted by Gasteiger charge is -2.19. The van der Waals surface area contributed by atoms with Gasteiger partial charge < -0.3 is 19.9 Å². The molecule has 2 N–H and O–H groups in total. The van der Waals surface area contributed by atoms with Crippen LogP contribution >= 0.6 is 0 Å². The lowest BCUT2D eigenvalue weighted by molar-refractivity contribution is 0.141. The first-order valence-electron chi connectivity index (χ1n) is 7.87. The van der Waals surface area contributed by atoms with Crippen molar-refractivity contribution in [2.24, 2.45) is 11.7 Å². The number of imidazole rings is 1. The zero-order chi connectivity index (χ0) is 14.4. The van der Waals surface area contributed by atoms with Crippen LogP contribution in [0.4, 0.5) is 5.95 Å². The average Bonchev–Trinajstić information content (AvgIpc) is 3.09. The van der Waals surface area contributed by atoms with Crippen LogP contribution in [0.5, 0.6) is 0 Å². The third-order valence-corrected chi connectivity index (χ3v) is 3.96. The van der Waals surface area contributed by atoms with E-state index in [0.29, 0.717) is 5.92 Å². The lowest BCUT2D eigenvalue weighted by Crippen LogP contribution is -2.25. The van der Waals surface area contributed by atoms with Crippen LogP contribution in [0.15, 0.2) is 6.20 Å². The van der Waals surface area contributed by atoms with Gasteiger partial charge in [0.1, 0.15) is 0 Å². The summed E-state index contributed by atoms with van der Waals surface area (Å²) in [5.74, 6) is 1.74. The Labute approximate surface area is 122 Å². The van der Waals surface area contributed by atoms with Crippen molar-refractivity contribution in [3.8, 4) is 0 Å². The molecule has 1 aromatic heterocycles. The van der Waals surface area contributed by atoms with Gasteiger partial charge in [-0.2, -0.15) is 0 Å². The van der Waals surface area contributed by atoms with Crippen LogP contribution in [0, 0.1) is 5.92 Å². The predicted molar refractivity (Wildman–Crippen MR) is 82.1 cm³/mol. The second-order valence-electron chi connectivity index (χ2n) is 5.47. The van der Waals surface area contributed by atoms with Gasteiger partial charge in [-0.1, -0.05) is 6.92 Å². The van der Waals surface area contributed by atoms with Gasteiger partial charge in [0.05, 0.1) is 5.69 Å². The molecule has 1 aromatic rings. The highest BCUT2D eigenvalue weighted by atomic mass is 16.5. The van der Waals surface area contributed by atoms with Gasteiger partial charge >= 0.3 is 0 Å². The number of aryl methyl sites for hydroxylation is 2. The molecule has 1 fully saturated rings. The van der Waals surface area contributed by atoms with Gasteiger partial charge in [0.15, 0.2) is 0 Å². The van der Waals surface area contributed by atoms with Gasteiger partial charge in [-0.25, -0.2) is 4.98 Å². The molecular formula is C15H28N4O. The quantitative estimate of drug-likeness (QED) is 0.736. The van der Waals surface area contributed by atoms with E-state index in [0.717, 1.165) is 58.2 Å². The van der Waals surface area contributed by atoms with Crippen LogP contribution in [-0.2, 0) is 17.7 Å². The van der Waals surface area contributed by atoms with Crippen molar-refractivity contribution in [2.75, 3.05) is 37.7 Å². The molecule has 1 unspecified atom stereocenters. The van der Waals surface area contributed by atoms with E-state index in [1.165, 1.54) is 12.1 Å². The van der Waals surface area contributed by atoms with E-state index < -0.39 is 0 Å². The van der Waals surface area contributed by atoms with Crippen molar-refractivity contribution in [2.45, 2.75) is 39.7 Å². The maximum absolute atomic E-state index is 5.79. The zero-order valence-electron chi connectivity index (χ0n) is 12.8. The van der Waals surface area contributed by atoms with E-state index in [1.54, 1.807) is 0 Å². The molecule has 0 bridgehead atoms. The fraction of sp³-hybridized carbons (Fsp3) is 0.800. The number of rotatable bonds is 8. The smallest absolute Gasteiger partial charge is 0.205 e. The molecule has 2 rings (SSSR count). The number of nitrogens with two attached hydrogens (primary N) is 1. The number of ether oxygens (including phenoxy) is 1. The fourth-order valence-corrected chi connectivity index (χ4v) is 2.73. The molecule has 114 valence electrons. The summed E-state index contributed by atoms with van der Waals surface area (Å²) in [6.45, 7) is 9.69. The summed E-state index contributed by atoms with van der Waals surface area (Å²) in [6.07, 6.45) is 5.40. The SMILES string of the molecule is CCOCCCn1cc(CC)nc1N1CCC(CN)C1. The molecule has 1 atom stereocenters. The molecule has 0 saturated carbocycles. The molecule has 20 heavy (non-hydrogen) atoms. The Kier molecular flexibility index (Phi) is 5.86. The molecule has 0 spiro atoms. The molecule has 1 aliphatic heterocycles. The average molecular weight is 280 g/mol. The lowest BCUT2D eigenvalue weighted by atomic mass is 10.1. The molecule has 0 aromatic carbocycles. The number of anilines is 1. The van der Waals surface area contributed by atoms with Gasteiger partial charge in [0.25, 0.3) is 0 Å². The number of aromatic nitrogens is 2. The minimum absolute atomic E-state index is 0.619. The van der Waals surface area contributed by atoms with Crippen LogP contribution in [0.2, 0.25) is 0 Å². The van der Waals surface area contributed by atoms with Crippen LogP contribution in [0.1, 0.15) is 32.4 Å². The van der Waals surface area contributed by atoms with Gasteiger partial charge in [-0.3, -0.25) is 0 Å². The van der Waals surface area contributed by atoms with Crippen molar-refractivity contribution in [1.82, 2.24) is 9.55 Å². The molecule has 2 heterocycles. The summed E-state index contributed by atoms with van der Waals surface area (Å²) in [4.78, 5) is 7.17. The third kappa shape index (κ3) is 3.73. The zero-order valence-corrected chi connectivity index (χ0v) is 12.8. The van der Waals surface area contributed by atoms with E-state index in [4.69, 9.17) is 15.5 Å². The van der Waals surface area contributed by atoms with Crippen molar-refractivity contribution in [1.29, 1.82) is 0 Å². The Morgan fingerprint density at radius 3 is 2.95 bits per heavy atom. The monoisotopic (exact) mass is 280 g/mol. The Hall–Kier alpha value is -1.07. The molecular weight excluding hydrogens is 252 g/mol. The predicted octanol–water partition coefficient (Wildman–Crippen LogP) is 1.66. The Morgan fingerprint density at radius 2 is 2.30 bits per heavy atom. The summed E-state index contributed by atoms with van der Waals surface area (Å²) in [6, 6.07) is 0. The van der Waals surface area contributed by atoms with Gasteiger partial charge in [-0.15, -0.1) is 0 Å². The highest BCUT2D eigenvalue weighted by molar-refractivity contribution is 5.35. The van der Waals surface area contributed by atoms with E-state index in [2.05, 4.69) is 22.6 Å². The summed E-state index contributed by atoms with van der Waals surface area (Å²) in [7, 11) is 0. The Bertz CT molecular complexity index is 405. The second kappa shape index (κ2) is 7.64. The van der Waals surface area contributed by atoms with Crippen molar-refractivity contribution < 1.29 is 4.74 Å². The van der Waals surface area contributed by atoms with Crippen LogP contribution in [0.3, 0.4) is 0 Å². The Morgan fingerprint density at radius 1 is 1.45 bits per heavy atom. The third-order valence-electron chi connectivity index (χ3n) is 3.96. The fourth-order valence-electron chi connectivity index (χ4n) is 2.73. The summed E-state index contributed by atoms with van der Waals surface area (Å²) < 4.78 is 7.71. The first-order chi connectivity index (χ1) is 9.78. The molecule has 5 nitrogen and oxygen atoms in total. The van der Waals surface area contributed by atoms with Gasteiger partial charge in [0, 0.05) is 39.0 Å². The number of hydrogen-bond donors (Lipinski definition) is 1. The normalized spacial score (nSPS) is 18.9. The first-order valence-corrected chi connectivity index (χ1v) is 7.87. The van der Waals surface area contributed by atoms with Crippen LogP contribution in [-0.4, -0.2) is 42.4 Å². The van der Waals surface area contributed by atoms with E-state index >= 15 is 0 Å². The van der Waals surface area contributed by atoms with Gasteiger partial charge in [0.2, 0.25) is 5.95 Å². The highest BCUT2D eigenvalue weighted by Gasteiger charge is 2.24. The largest absolute Gasteiger partial charge is 0.382 e. The molecule has 0 amide bonds. The molecule has 0 aliphatic carbocycles. The molecule has 5 heteroatoms. The maximum Gasteiger partial charge on any atom is 0.205 e. The Balaban J connectivity index is 2.01. The second-order valence-corrected chi connectivity index (χ2v) is 5.47. The minimum atomic E-state index is 0.619. The molecule has 1 saturated heterocycles. The summed E-state index contributed by atoms with van der Waals surface area (Å²) in [5.41, 5.74) is 6.96. The van der Waals surface area contributed by atoms with Crippen LogP contribution < -0.4 is 10.6 Å². The topological polar surface area (TPSA) is 56.3 Å². The first kappa shape index (κ1) is 15.3. The minimum Gasteiger partial charge on any atom is -0.382 e. The van der Waals surface area contributed by atoms with Crippen molar-refractivity contribution in [3.63, 3.8) is 0 Å². The van der Waals surface area contributed by atoms with Crippen molar-refractivity contribution >= 4 is 5.95 Å². The maximum atomic E-state index is 5.79. The van der Waals surface area contributed by atoms with Crippen molar-refractivity contribution in [3.05, 3.63) is 11.9 Å². The molecule has 0 radical (unpaired) electrons. The van der Waals surface area contributed by atoms with E-state index in [1.807, 2.05) is 6.92 Å². The number of nitrogens with zero attached hydrogens (tertiary/aromatic N) is 3. The summed E-state index contributed by atoms with van der Waals surface area (Å²) >= 11 is 0. The van der Waals surface area contributed by atoms with E-state index in [-0.39, 0.29) is 0 Å². The summed E-state index contributed by atoms with van der Waals surface area (Å²) in [5, 5.41) is 0. The van der Waals surface area contributed by atoms with Gasteiger partial charge in [-0.05, 0) is 38.6 Å². The molecule has 1 aliphatic rings. The van der Waals surface area contributed by atoms with Crippen LogP contribution in [0.25, 0.3) is 0 Å². The highest BCUT2D eigenvalue weighted by Crippen LogP contribution is 2.23. The van der Waals surface area contributed by atoms with E-state index in [9.17, 15) is 0 Å². The standard InChI is InChI=1S/C15H28N4O/c1-3-14-12-18(7-5-9-20-4-2)15(17-14)19-8-6-13(10-16)11-19/h12-13H,3-11,16H2,1-2H3. The number of hydrogen-bond acceptors (Lipinski definition) is 4.